The number of hydrogen-bond acceptors (Lipinski definition) is 3. The molecule has 0 fully saturated rings. The van der Waals surface area contributed by atoms with Crippen LogP contribution in [-0.4, -0.2) is 25.4 Å². The largest absolute Gasteiger partial charge is 0.496 e. The van der Waals surface area contributed by atoms with Crippen LogP contribution >= 0.6 is 0 Å². The number of methoxy groups -OCH3 is 2. The standard InChI is InChI=1S/C17H20O3/c1-19-16-11-7-6-10-14(16)12-15(18)17(20-2)13-8-4-3-5-9-13/h3-11,15,17-18H,12H2,1-2H3. The first-order valence-electron chi connectivity index (χ1n) is 6.64. The van der Waals surface area contributed by atoms with Crippen molar-refractivity contribution in [2.24, 2.45) is 0 Å². The Morgan fingerprint density at radius 2 is 1.60 bits per heavy atom. The summed E-state index contributed by atoms with van der Waals surface area (Å²) in [6.45, 7) is 0. The highest BCUT2D eigenvalue weighted by molar-refractivity contribution is 5.34. The lowest BCUT2D eigenvalue weighted by Gasteiger charge is -2.22. The third kappa shape index (κ3) is 3.38. The summed E-state index contributed by atoms with van der Waals surface area (Å²) < 4.78 is 10.8. The fraction of sp³-hybridized carbons (Fsp3) is 0.294. The smallest absolute Gasteiger partial charge is 0.122 e. The van der Waals surface area contributed by atoms with E-state index in [1.54, 1.807) is 14.2 Å². The third-order valence-electron chi connectivity index (χ3n) is 3.35. The average Bonchev–Trinajstić information content (AvgIpc) is 2.49. The molecule has 0 spiro atoms. The number of aliphatic hydroxyl groups excluding tert-OH is 1. The van der Waals surface area contributed by atoms with Crippen LogP contribution in [0.2, 0.25) is 0 Å². The van der Waals surface area contributed by atoms with Crippen molar-refractivity contribution >= 4 is 0 Å². The molecule has 0 saturated carbocycles. The van der Waals surface area contributed by atoms with Crippen LogP contribution in [0.4, 0.5) is 0 Å². The van der Waals surface area contributed by atoms with Crippen LogP contribution in [-0.2, 0) is 11.2 Å². The van der Waals surface area contributed by atoms with E-state index >= 15 is 0 Å². The van der Waals surface area contributed by atoms with Crippen LogP contribution in [0.1, 0.15) is 17.2 Å². The molecule has 0 aliphatic rings. The molecule has 20 heavy (non-hydrogen) atoms. The summed E-state index contributed by atoms with van der Waals surface area (Å²) in [5.41, 5.74) is 1.94. The molecule has 0 aliphatic carbocycles. The minimum atomic E-state index is -0.626. The van der Waals surface area contributed by atoms with Crippen molar-refractivity contribution < 1.29 is 14.6 Å². The minimum absolute atomic E-state index is 0.346. The lowest BCUT2D eigenvalue weighted by molar-refractivity contribution is -0.0130. The van der Waals surface area contributed by atoms with Gasteiger partial charge in [-0.15, -0.1) is 0 Å². The molecule has 0 bridgehead atoms. The minimum Gasteiger partial charge on any atom is -0.496 e. The van der Waals surface area contributed by atoms with E-state index in [1.807, 2.05) is 54.6 Å². The molecule has 2 aromatic carbocycles. The van der Waals surface area contributed by atoms with Gasteiger partial charge in [-0.05, 0) is 17.2 Å². The van der Waals surface area contributed by atoms with Gasteiger partial charge in [-0.1, -0.05) is 48.5 Å². The highest BCUT2D eigenvalue weighted by Gasteiger charge is 2.22. The zero-order chi connectivity index (χ0) is 14.4. The Bertz CT molecular complexity index is 525. The topological polar surface area (TPSA) is 38.7 Å². The van der Waals surface area contributed by atoms with E-state index in [2.05, 4.69) is 0 Å². The summed E-state index contributed by atoms with van der Waals surface area (Å²) in [5.74, 6) is 0.787. The van der Waals surface area contributed by atoms with Crippen LogP contribution in [0.25, 0.3) is 0 Å². The van der Waals surface area contributed by atoms with E-state index in [0.717, 1.165) is 16.9 Å². The molecule has 1 N–H and O–H groups in total. The van der Waals surface area contributed by atoms with E-state index < -0.39 is 6.10 Å². The van der Waals surface area contributed by atoms with Gasteiger partial charge in [-0.3, -0.25) is 0 Å². The van der Waals surface area contributed by atoms with Crippen molar-refractivity contribution in [3.63, 3.8) is 0 Å². The van der Waals surface area contributed by atoms with Gasteiger partial charge in [0.05, 0.1) is 13.2 Å². The predicted molar refractivity (Wildman–Crippen MR) is 78.9 cm³/mol. The van der Waals surface area contributed by atoms with Gasteiger partial charge in [0.25, 0.3) is 0 Å². The molecule has 0 aromatic heterocycles. The van der Waals surface area contributed by atoms with E-state index in [0.29, 0.717) is 6.42 Å². The van der Waals surface area contributed by atoms with Crippen molar-refractivity contribution in [1.29, 1.82) is 0 Å². The molecule has 0 radical (unpaired) electrons. The molecular weight excluding hydrogens is 252 g/mol. The molecule has 3 nitrogen and oxygen atoms in total. The van der Waals surface area contributed by atoms with Gasteiger partial charge < -0.3 is 14.6 Å². The van der Waals surface area contributed by atoms with Gasteiger partial charge in [0.1, 0.15) is 11.9 Å². The number of benzene rings is 2. The van der Waals surface area contributed by atoms with Gasteiger partial charge in [0.15, 0.2) is 0 Å². The van der Waals surface area contributed by atoms with Gasteiger partial charge in [0.2, 0.25) is 0 Å². The molecule has 0 aliphatic heterocycles. The van der Waals surface area contributed by atoms with Crippen molar-refractivity contribution in [2.45, 2.75) is 18.6 Å². The van der Waals surface area contributed by atoms with Gasteiger partial charge in [-0.25, -0.2) is 0 Å². The Labute approximate surface area is 119 Å². The summed E-state index contributed by atoms with van der Waals surface area (Å²) in [6.07, 6.45) is -0.489. The Kier molecular flexibility index (Phi) is 5.16. The van der Waals surface area contributed by atoms with Crippen molar-refractivity contribution in [2.75, 3.05) is 14.2 Å². The number of rotatable bonds is 6. The van der Waals surface area contributed by atoms with Gasteiger partial charge >= 0.3 is 0 Å². The Hall–Kier alpha value is -1.84. The van der Waals surface area contributed by atoms with E-state index in [-0.39, 0.29) is 6.10 Å². The average molecular weight is 272 g/mol. The fourth-order valence-corrected chi connectivity index (χ4v) is 2.36. The van der Waals surface area contributed by atoms with Crippen LogP contribution in [0, 0.1) is 0 Å². The lowest BCUT2D eigenvalue weighted by atomic mass is 9.98. The number of para-hydroxylation sites is 1. The Morgan fingerprint density at radius 1 is 0.950 bits per heavy atom. The molecular formula is C17H20O3. The van der Waals surface area contributed by atoms with Crippen molar-refractivity contribution in [3.05, 3.63) is 65.7 Å². The maximum Gasteiger partial charge on any atom is 0.122 e. The fourth-order valence-electron chi connectivity index (χ4n) is 2.36. The summed E-state index contributed by atoms with van der Waals surface area (Å²) >= 11 is 0. The van der Waals surface area contributed by atoms with E-state index in [9.17, 15) is 5.11 Å². The van der Waals surface area contributed by atoms with Gasteiger partial charge in [-0.2, -0.15) is 0 Å². The summed E-state index contributed by atoms with van der Waals surface area (Å²) in [4.78, 5) is 0. The Morgan fingerprint density at radius 3 is 2.25 bits per heavy atom. The van der Waals surface area contributed by atoms with Crippen LogP contribution in [0.5, 0.6) is 5.75 Å². The molecule has 2 atom stereocenters. The monoisotopic (exact) mass is 272 g/mol. The van der Waals surface area contributed by atoms with E-state index in [4.69, 9.17) is 9.47 Å². The second-order valence-corrected chi connectivity index (χ2v) is 4.65. The van der Waals surface area contributed by atoms with E-state index in [1.165, 1.54) is 0 Å². The zero-order valence-electron chi connectivity index (χ0n) is 11.8. The number of aliphatic hydroxyl groups is 1. The second-order valence-electron chi connectivity index (χ2n) is 4.65. The summed E-state index contributed by atoms with van der Waals surface area (Å²) in [5, 5.41) is 10.5. The molecule has 3 heteroatoms. The van der Waals surface area contributed by atoms with Crippen molar-refractivity contribution in [3.8, 4) is 5.75 Å². The first-order valence-corrected chi connectivity index (χ1v) is 6.64. The number of hydrogen-bond donors (Lipinski definition) is 1. The third-order valence-corrected chi connectivity index (χ3v) is 3.35. The summed E-state index contributed by atoms with van der Waals surface area (Å²) in [6, 6.07) is 17.5. The zero-order valence-corrected chi connectivity index (χ0v) is 11.8. The molecule has 106 valence electrons. The van der Waals surface area contributed by atoms with Crippen LogP contribution in [0.3, 0.4) is 0 Å². The summed E-state index contributed by atoms with van der Waals surface area (Å²) in [7, 11) is 3.25. The molecule has 0 saturated heterocycles. The SMILES string of the molecule is COc1ccccc1CC(O)C(OC)c1ccccc1. The quantitative estimate of drug-likeness (QED) is 0.878. The first kappa shape index (κ1) is 14.6. The van der Waals surface area contributed by atoms with Crippen LogP contribution in [0.15, 0.2) is 54.6 Å². The normalized spacial score (nSPS) is 13.8. The molecule has 2 rings (SSSR count). The van der Waals surface area contributed by atoms with Gasteiger partial charge in [0, 0.05) is 13.5 Å². The maximum absolute atomic E-state index is 10.5. The molecule has 2 aromatic rings. The lowest BCUT2D eigenvalue weighted by Crippen LogP contribution is -2.23. The first-order chi connectivity index (χ1) is 9.76. The second kappa shape index (κ2) is 7.08. The van der Waals surface area contributed by atoms with Crippen LogP contribution < -0.4 is 4.74 Å². The molecule has 0 heterocycles. The highest BCUT2D eigenvalue weighted by atomic mass is 16.5. The van der Waals surface area contributed by atoms with Crippen molar-refractivity contribution in [1.82, 2.24) is 0 Å². The maximum atomic E-state index is 10.5. The predicted octanol–water partition coefficient (Wildman–Crippen LogP) is 2.99. The highest BCUT2D eigenvalue weighted by Crippen LogP contribution is 2.26. The number of ether oxygens (including phenoxy) is 2. The molecule has 2 unspecified atom stereocenters. The Balaban J connectivity index is 2.15. The molecule has 0 amide bonds.